The summed E-state index contributed by atoms with van der Waals surface area (Å²) < 4.78 is 0.736. The van der Waals surface area contributed by atoms with E-state index in [1.54, 1.807) is 11.9 Å². The summed E-state index contributed by atoms with van der Waals surface area (Å²) in [5.74, 6) is -0.233. The molecule has 21 heavy (non-hydrogen) atoms. The molecule has 0 radical (unpaired) electrons. The summed E-state index contributed by atoms with van der Waals surface area (Å²) in [6, 6.07) is 13.2. The van der Waals surface area contributed by atoms with Gasteiger partial charge in [-0.1, -0.05) is 48.9 Å². The Morgan fingerprint density at radius 1 is 1.29 bits per heavy atom. The zero-order chi connectivity index (χ0) is 15.4. The number of carbonyl (C=O) groups is 1. The number of rotatable bonds is 5. The Morgan fingerprint density at radius 2 is 1.95 bits per heavy atom. The number of thiophene rings is 1. The van der Waals surface area contributed by atoms with Crippen molar-refractivity contribution >= 4 is 28.8 Å². The van der Waals surface area contributed by atoms with Crippen LogP contribution in [0.25, 0.3) is 0 Å². The van der Waals surface area contributed by atoms with Gasteiger partial charge in [-0.25, -0.2) is 0 Å². The molecule has 2 atom stereocenters. The first-order valence-electron chi connectivity index (χ1n) is 6.78. The third-order valence-electron chi connectivity index (χ3n) is 3.51. The highest BCUT2D eigenvalue weighted by Gasteiger charge is 2.25. The number of benzene rings is 1. The number of nitrogens with two attached hydrogens (primary N) is 1. The van der Waals surface area contributed by atoms with Gasteiger partial charge in [0.05, 0.1) is 16.8 Å². The van der Waals surface area contributed by atoms with Crippen molar-refractivity contribution in [3.8, 4) is 0 Å². The first-order valence-corrected chi connectivity index (χ1v) is 7.98. The van der Waals surface area contributed by atoms with E-state index in [-0.39, 0.29) is 17.9 Å². The molecule has 0 saturated carbocycles. The van der Waals surface area contributed by atoms with Crippen LogP contribution in [0.15, 0.2) is 42.5 Å². The van der Waals surface area contributed by atoms with Gasteiger partial charge in [-0.2, -0.15) is 0 Å². The van der Waals surface area contributed by atoms with Crippen LogP contribution in [0.2, 0.25) is 4.34 Å². The molecule has 2 N–H and O–H groups in total. The third-order valence-corrected chi connectivity index (χ3v) is 4.73. The van der Waals surface area contributed by atoms with E-state index in [0.717, 1.165) is 14.8 Å². The highest BCUT2D eigenvalue weighted by molar-refractivity contribution is 7.16. The summed E-state index contributed by atoms with van der Waals surface area (Å²) in [7, 11) is 1.80. The predicted molar refractivity (Wildman–Crippen MR) is 88.3 cm³/mol. The van der Waals surface area contributed by atoms with Crippen molar-refractivity contribution < 1.29 is 4.79 Å². The Kier molecular flexibility index (Phi) is 5.39. The Labute approximate surface area is 134 Å². The van der Waals surface area contributed by atoms with Gasteiger partial charge in [-0.15, -0.1) is 11.3 Å². The largest absolute Gasteiger partial charge is 0.340 e. The standard InChI is InChI=1S/C16H19ClN2OS/c1-11(15(18)12-6-4-3-5-7-12)16(20)19(2)10-13-8-9-14(17)21-13/h3-9,11,15H,10,18H2,1-2H3. The lowest BCUT2D eigenvalue weighted by molar-refractivity contribution is -0.134. The number of carbonyl (C=O) groups excluding carboxylic acids is 1. The quantitative estimate of drug-likeness (QED) is 0.912. The van der Waals surface area contributed by atoms with Crippen molar-refractivity contribution in [1.82, 2.24) is 4.90 Å². The Hall–Kier alpha value is -1.36. The molecule has 112 valence electrons. The summed E-state index contributed by atoms with van der Waals surface area (Å²) in [6.07, 6.45) is 0. The van der Waals surface area contributed by atoms with E-state index in [2.05, 4.69) is 0 Å². The number of hydrogen-bond donors (Lipinski definition) is 1. The number of amides is 1. The first kappa shape index (κ1) is 16.0. The minimum Gasteiger partial charge on any atom is -0.340 e. The molecule has 0 bridgehead atoms. The van der Waals surface area contributed by atoms with Gasteiger partial charge in [-0.05, 0) is 17.7 Å². The van der Waals surface area contributed by atoms with Gasteiger partial charge in [0.15, 0.2) is 0 Å². The van der Waals surface area contributed by atoms with Crippen LogP contribution in [0.5, 0.6) is 0 Å². The number of halogens is 1. The van der Waals surface area contributed by atoms with E-state index >= 15 is 0 Å². The second-order valence-corrected chi connectivity index (χ2v) is 6.92. The van der Waals surface area contributed by atoms with Crippen LogP contribution in [-0.4, -0.2) is 17.9 Å². The molecule has 1 aromatic carbocycles. The lowest BCUT2D eigenvalue weighted by atomic mass is 9.94. The van der Waals surface area contributed by atoms with E-state index in [4.69, 9.17) is 17.3 Å². The summed E-state index contributed by atoms with van der Waals surface area (Å²) in [6.45, 7) is 2.43. The van der Waals surface area contributed by atoms with Gasteiger partial charge in [0.2, 0.25) is 5.91 Å². The van der Waals surface area contributed by atoms with Gasteiger partial charge in [0.1, 0.15) is 0 Å². The van der Waals surface area contributed by atoms with E-state index in [1.165, 1.54) is 11.3 Å². The highest BCUT2D eigenvalue weighted by atomic mass is 35.5. The average Bonchev–Trinajstić information content (AvgIpc) is 2.90. The van der Waals surface area contributed by atoms with Gasteiger partial charge in [-0.3, -0.25) is 4.79 Å². The molecule has 2 aromatic rings. The van der Waals surface area contributed by atoms with Crippen LogP contribution in [0.3, 0.4) is 0 Å². The normalized spacial score (nSPS) is 13.7. The van der Waals surface area contributed by atoms with Crippen molar-refractivity contribution in [2.45, 2.75) is 19.5 Å². The van der Waals surface area contributed by atoms with E-state index < -0.39 is 0 Å². The van der Waals surface area contributed by atoms with Crippen LogP contribution in [0, 0.1) is 5.92 Å². The second-order valence-electron chi connectivity index (χ2n) is 5.13. The second kappa shape index (κ2) is 7.07. The molecule has 0 spiro atoms. The molecule has 2 rings (SSSR count). The topological polar surface area (TPSA) is 46.3 Å². The molecule has 1 aromatic heterocycles. The van der Waals surface area contributed by atoms with Crippen LogP contribution >= 0.6 is 22.9 Å². The number of nitrogens with zero attached hydrogens (tertiary/aromatic N) is 1. The monoisotopic (exact) mass is 322 g/mol. The molecule has 0 aliphatic carbocycles. The summed E-state index contributed by atoms with van der Waals surface area (Å²) >= 11 is 7.40. The van der Waals surface area contributed by atoms with E-state index in [0.29, 0.717) is 6.54 Å². The zero-order valence-electron chi connectivity index (χ0n) is 12.1. The molecule has 0 saturated heterocycles. The van der Waals surface area contributed by atoms with Crippen molar-refractivity contribution in [3.63, 3.8) is 0 Å². The molecule has 5 heteroatoms. The van der Waals surface area contributed by atoms with Crippen LogP contribution < -0.4 is 5.73 Å². The van der Waals surface area contributed by atoms with Crippen molar-refractivity contribution in [1.29, 1.82) is 0 Å². The molecule has 0 aliphatic heterocycles. The average molecular weight is 323 g/mol. The van der Waals surface area contributed by atoms with Gasteiger partial charge in [0.25, 0.3) is 0 Å². The molecule has 1 heterocycles. The maximum absolute atomic E-state index is 12.5. The van der Waals surface area contributed by atoms with Crippen LogP contribution in [0.4, 0.5) is 0 Å². The fourth-order valence-corrected chi connectivity index (χ4v) is 3.35. The summed E-state index contributed by atoms with van der Waals surface area (Å²) in [5, 5.41) is 0. The SMILES string of the molecule is CC(C(=O)N(C)Cc1ccc(Cl)s1)C(N)c1ccccc1. The maximum atomic E-state index is 12.5. The Balaban J connectivity index is 2.01. The molecular formula is C16H19ClN2OS. The highest BCUT2D eigenvalue weighted by Crippen LogP contribution is 2.24. The Morgan fingerprint density at radius 3 is 2.52 bits per heavy atom. The fourth-order valence-electron chi connectivity index (χ4n) is 2.21. The van der Waals surface area contributed by atoms with E-state index in [9.17, 15) is 4.79 Å². The van der Waals surface area contributed by atoms with Crippen LogP contribution in [-0.2, 0) is 11.3 Å². The van der Waals surface area contributed by atoms with E-state index in [1.807, 2.05) is 49.4 Å². The molecule has 1 amide bonds. The molecule has 0 fully saturated rings. The maximum Gasteiger partial charge on any atom is 0.227 e. The smallest absolute Gasteiger partial charge is 0.227 e. The summed E-state index contributed by atoms with van der Waals surface area (Å²) in [5.41, 5.74) is 7.19. The predicted octanol–water partition coefficient (Wildman–Crippen LogP) is 3.70. The van der Waals surface area contributed by atoms with Crippen molar-refractivity contribution in [3.05, 3.63) is 57.2 Å². The minimum atomic E-state index is -0.298. The van der Waals surface area contributed by atoms with Gasteiger partial charge in [0, 0.05) is 18.0 Å². The lowest BCUT2D eigenvalue weighted by Gasteiger charge is -2.25. The van der Waals surface area contributed by atoms with Crippen molar-refractivity contribution in [2.24, 2.45) is 11.7 Å². The van der Waals surface area contributed by atoms with Gasteiger partial charge < -0.3 is 10.6 Å². The van der Waals surface area contributed by atoms with Crippen molar-refractivity contribution in [2.75, 3.05) is 7.05 Å². The van der Waals surface area contributed by atoms with Gasteiger partial charge >= 0.3 is 0 Å². The lowest BCUT2D eigenvalue weighted by Crippen LogP contribution is -2.36. The zero-order valence-corrected chi connectivity index (χ0v) is 13.7. The summed E-state index contributed by atoms with van der Waals surface area (Å²) in [4.78, 5) is 15.3. The molecule has 3 nitrogen and oxygen atoms in total. The molecule has 2 unspecified atom stereocenters. The minimum absolute atomic E-state index is 0.0378. The number of hydrogen-bond acceptors (Lipinski definition) is 3. The third kappa shape index (κ3) is 4.06. The van der Waals surface area contributed by atoms with Crippen LogP contribution in [0.1, 0.15) is 23.4 Å². The molecule has 0 aliphatic rings. The first-order chi connectivity index (χ1) is 9.99. The fraction of sp³-hybridized carbons (Fsp3) is 0.312. The Bertz CT molecular complexity index is 599. The molecular weight excluding hydrogens is 304 g/mol.